The number of hydrogen-bond acceptors (Lipinski definition) is 3. The monoisotopic (exact) mass is 290 g/mol. The topological polar surface area (TPSA) is 15.3 Å². The van der Waals surface area contributed by atoms with Crippen molar-refractivity contribution >= 4 is 27.3 Å². The molecule has 1 aromatic heterocycles. The maximum absolute atomic E-state index is 3.57. The zero-order valence-electron chi connectivity index (χ0n) is 9.42. The zero-order chi connectivity index (χ0) is 11.1. The van der Waals surface area contributed by atoms with Gasteiger partial charge in [0, 0.05) is 29.0 Å². The Hall–Kier alpha value is 0.100. The van der Waals surface area contributed by atoms with Crippen LogP contribution < -0.4 is 5.32 Å². The standard InChI is InChI=1S/C11H19BrN2S/c1-3-13-6-7-14(4-2)9-11-10(12)5-8-15-11/h5,8,13H,3-4,6-7,9H2,1-2H3. The molecule has 0 radical (unpaired) electrons. The van der Waals surface area contributed by atoms with Gasteiger partial charge in [-0.25, -0.2) is 0 Å². The minimum Gasteiger partial charge on any atom is -0.316 e. The van der Waals surface area contributed by atoms with Crippen molar-refractivity contribution in [3.8, 4) is 0 Å². The summed E-state index contributed by atoms with van der Waals surface area (Å²) in [5.74, 6) is 0. The van der Waals surface area contributed by atoms with E-state index < -0.39 is 0 Å². The molecule has 2 nitrogen and oxygen atoms in total. The maximum Gasteiger partial charge on any atom is 0.0339 e. The second kappa shape index (κ2) is 7.39. The van der Waals surface area contributed by atoms with E-state index in [2.05, 4.69) is 51.4 Å². The van der Waals surface area contributed by atoms with Gasteiger partial charge in [0.15, 0.2) is 0 Å². The molecule has 0 saturated carbocycles. The summed E-state index contributed by atoms with van der Waals surface area (Å²) in [6.07, 6.45) is 0. The summed E-state index contributed by atoms with van der Waals surface area (Å²) in [5.41, 5.74) is 0. The molecule has 0 bridgehead atoms. The largest absolute Gasteiger partial charge is 0.316 e. The summed E-state index contributed by atoms with van der Waals surface area (Å²) in [6, 6.07) is 2.12. The van der Waals surface area contributed by atoms with Crippen molar-refractivity contribution in [3.05, 3.63) is 20.8 Å². The number of thiophene rings is 1. The van der Waals surface area contributed by atoms with Crippen LogP contribution in [-0.2, 0) is 6.54 Å². The van der Waals surface area contributed by atoms with Crippen LogP contribution in [0.2, 0.25) is 0 Å². The number of hydrogen-bond donors (Lipinski definition) is 1. The summed E-state index contributed by atoms with van der Waals surface area (Å²) in [5, 5.41) is 5.49. The molecule has 1 rings (SSSR count). The summed E-state index contributed by atoms with van der Waals surface area (Å²) < 4.78 is 1.24. The zero-order valence-corrected chi connectivity index (χ0v) is 11.8. The fourth-order valence-electron chi connectivity index (χ4n) is 1.40. The normalized spacial score (nSPS) is 11.2. The van der Waals surface area contributed by atoms with Crippen molar-refractivity contribution in [2.45, 2.75) is 20.4 Å². The summed E-state index contributed by atoms with van der Waals surface area (Å²) in [7, 11) is 0. The van der Waals surface area contributed by atoms with E-state index in [4.69, 9.17) is 0 Å². The highest BCUT2D eigenvalue weighted by Gasteiger charge is 2.07. The van der Waals surface area contributed by atoms with E-state index in [1.807, 2.05) is 11.3 Å². The maximum atomic E-state index is 3.57. The molecule has 1 aromatic rings. The van der Waals surface area contributed by atoms with Crippen LogP contribution in [-0.4, -0.2) is 31.1 Å². The Labute approximate surface area is 105 Å². The van der Waals surface area contributed by atoms with Crippen LogP contribution in [0.5, 0.6) is 0 Å². The van der Waals surface area contributed by atoms with Gasteiger partial charge in [0.2, 0.25) is 0 Å². The SMILES string of the molecule is CCNCCN(CC)Cc1sccc1Br. The highest BCUT2D eigenvalue weighted by atomic mass is 79.9. The number of halogens is 1. The van der Waals surface area contributed by atoms with Gasteiger partial charge in [-0.1, -0.05) is 13.8 Å². The van der Waals surface area contributed by atoms with E-state index >= 15 is 0 Å². The van der Waals surface area contributed by atoms with Crippen molar-refractivity contribution in [3.63, 3.8) is 0 Å². The second-order valence-corrected chi connectivity index (χ2v) is 5.27. The summed E-state index contributed by atoms with van der Waals surface area (Å²) in [4.78, 5) is 3.88. The lowest BCUT2D eigenvalue weighted by atomic mass is 10.4. The highest BCUT2D eigenvalue weighted by molar-refractivity contribution is 9.10. The van der Waals surface area contributed by atoms with Crippen molar-refractivity contribution in [2.75, 3.05) is 26.2 Å². The van der Waals surface area contributed by atoms with Crippen LogP contribution in [0.3, 0.4) is 0 Å². The van der Waals surface area contributed by atoms with E-state index in [9.17, 15) is 0 Å². The molecule has 0 aliphatic rings. The molecule has 86 valence electrons. The first-order chi connectivity index (χ1) is 7.27. The minimum absolute atomic E-state index is 1.06. The molecule has 0 atom stereocenters. The third-order valence-corrected chi connectivity index (χ3v) is 4.27. The van der Waals surface area contributed by atoms with E-state index in [0.717, 1.165) is 32.7 Å². The molecule has 4 heteroatoms. The lowest BCUT2D eigenvalue weighted by molar-refractivity contribution is 0.282. The lowest BCUT2D eigenvalue weighted by Gasteiger charge is -2.19. The van der Waals surface area contributed by atoms with Crippen molar-refractivity contribution in [1.82, 2.24) is 10.2 Å². The molecule has 1 N–H and O–H groups in total. The molecule has 0 fully saturated rings. The van der Waals surface area contributed by atoms with Crippen molar-refractivity contribution < 1.29 is 0 Å². The molecule has 0 unspecified atom stereocenters. The summed E-state index contributed by atoms with van der Waals surface area (Å²) in [6.45, 7) is 9.78. The second-order valence-electron chi connectivity index (χ2n) is 3.41. The third kappa shape index (κ3) is 4.64. The fraction of sp³-hybridized carbons (Fsp3) is 0.636. The summed E-state index contributed by atoms with van der Waals surface area (Å²) >= 11 is 5.40. The highest BCUT2D eigenvalue weighted by Crippen LogP contribution is 2.23. The average molecular weight is 291 g/mol. The van der Waals surface area contributed by atoms with Crippen LogP contribution in [0.15, 0.2) is 15.9 Å². The van der Waals surface area contributed by atoms with Gasteiger partial charge in [0.25, 0.3) is 0 Å². The van der Waals surface area contributed by atoms with E-state index in [1.54, 1.807) is 0 Å². The molecule has 1 heterocycles. The molecule has 15 heavy (non-hydrogen) atoms. The minimum atomic E-state index is 1.06. The first kappa shape index (κ1) is 13.2. The van der Waals surface area contributed by atoms with Gasteiger partial charge in [0.05, 0.1) is 0 Å². The van der Waals surface area contributed by atoms with Gasteiger partial charge in [-0.15, -0.1) is 11.3 Å². The van der Waals surface area contributed by atoms with Gasteiger partial charge in [0.1, 0.15) is 0 Å². The van der Waals surface area contributed by atoms with Crippen LogP contribution in [0.1, 0.15) is 18.7 Å². The quantitative estimate of drug-likeness (QED) is 0.777. The smallest absolute Gasteiger partial charge is 0.0339 e. The first-order valence-electron chi connectivity index (χ1n) is 5.42. The Morgan fingerprint density at radius 1 is 1.47 bits per heavy atom. The number of nitrogens with one attached hydrogen (secondary N) is 1. The predicted octanol–water partition coefficient (Wildman–Crippen LogP) is 2.94. The van der Waals surface area contributed by atoms with Crippen molar-refractivity contribution in [1.29, 1.82) is 0 Å². The van der Waals surface area contributed by atoms with Crippen molar-refractivity contribution in [2.24, 2.45) is 0 Å². The Bertz CT molecular complexity index is 275. The van der Waals surface area contributed by atoms with Crippen LogP contribution >= 0.6 is 27.3 Å². The van der Waals surface area contributed by atoms with E-state index in [1.165, 1.54) is 9.35 Å². The molecule has 0 aliphatic heterocycles. The van der Waals surface area contributed by atoms with Crippen LogP contribution in [0, 0.1) is 0 Å². The predicted molar refractivity (Wildman–Crippen MR) is 71.5 cm³/mol. The molecule has 0 aromatic carbocycles. The third-order valence-electron chi connectivity index (χ3n) is 2.36. The van der Waals surface area contributed by atoms with Gasteiger partial charge in [-0.05, 0) is 40.5 Å². The number of likely N-dealkylation sites (N-methyl/N-ethyl adjacent to an activating group) is 2. The molecule has 0 amide bonds. The Morgan fingerprint density at radius 3 is 2.80 bits per heavy atom. The van der Waals surface area contributed by atoms with Gasteiger partial charge < -0.3 is 5.32 Å². The van der Waals surface area contributed by atoms with Crippen LogP contribution in [0.4, 0.5) is 0 Å². The Balaban J connectivity index is 2.36. The van der Waals surface area contributed by atoms with E-state index in [0.29, 0.717) is 0 Å². The van der Waals surface area contributed by atoms with E-state index in [-0.39, 0.29) is 0 Å². The number of rotatable bonds is 7. The Kier molecular flexibility index (Phi) is 6.48. The van der Waals surface area contributed by atoms with Crippen LogP contribution in [0.25, 0.3) is 0 Å². The molecule has 0 aliphatic carbocycles. The average Bonchev–Trinajstić information content (AvgIpc) is 2.63. The van der Waals surface area contributed by atoms with Gasteiger partial charge >= 0.3 is 0 Å². The first-order valence-corrected chi connectivity index (χ1v) is 7.10. The molecular formula is C11H19BrN2S. The molecule has 0 spiro atoms. The Morgan fingerprint density at radius 2 is 2.27 bits per heavy atom. The molecule has 0 saturated heterocycles. The molecular weight excluding hydrogens is 272 g/mol. The fourth-order valence-corrected chi connectivity index (χ4v) is 2.92. The number of nitrogens with zero attached hydrogens (tertiary/aromatic N) is 1. The van der Waals surface area contributed by atoms with Gasteiger partial charge in [-0.2, -0.15) is 0 Å². The lowest BCUT2D eigenvalue weighted by Crippen LogP contribution is -2.31. The van der Waals surface area contributed by atoms with Gasteiger partial charge in [-0.3, -0.25) is 4.90 Å².